The van der Waals surface area contributed by atoms with Gasteiger partial charge in [-0.3, -0.25) is 4.79 Å². The van der Waals surface area contributed by atoms with E-state index in [0.717, 1.165) is 0 Å². The first-order valence-electron chi connectivity index (χ1n) is 8.88. The van der Waals surface area contributed by atoms with E-state index < -0.39 is 21.0 Å². The minimum Gasteiger partial charge on any atom is -0.486 e. The van der Waals surface area contributed by atoms with Crippen LogP contribution in [-0.4, -0.2) is 32.7 Å². The largest absolute Gasteiger partial charge is 0.486 e. The van der Waals surface area contributed by atoms with Crippen molar-refractivity contribution in [3.63, 3.8) is 0 Å². The van der Waals surface area contributed by atoms with Crippen molar-refractivity contribution in [3.8, 4) is 11.5 Å². The maximum absolute atomic E-state index is 13.5. The predicted molar refractivity (Wildman–Crippen MR) is 104 cm³/mol. The van der Waals surface area contributed by atoms with Gasteiger partial charge in [-0.25, -0.2) is 8.42 Å². The molecule has 1 aromatic heterocycles. The van der Waals surface area contributed by atoms with Gasteiger partial charge in [-0.15, -0.1) is 0 Å². The molecule has 1 aliphatic heterocycles. The fraction of sp³-hybridized carbons (Fsp3) is 0.200. The van der Waals surface area contributed by atoms with Crippen molar-refractivity contribution in [1.29, 1.82) is 0 Å². The van der Waals surface area contributed by atoms with Crippen LogP contribution in [0.25, 0.3) is 0 Å². The summed E-state index contributed by atoms with van der Waals surface area (Å²) in [6, 6.07) is 14.1. The minimum absolute atomic E-state index is 0.0397. The van der Waals surface area contributed by atoms with E-state index in [2.05, 4.69) is 10.5 Å². The highest BCUT2D eigenvalue weighted by molar-refractivity contribution is 7.92. The number of nitrogens with one attached hydrogen (secondary N) is 1. The Morgan fingerprint density at radius 2 is 1.76 bits per heavy atom. The summed E-state index contributed by atoms with van der Waals surface area (Å²) in [6.45, 7) is 2.39. The summed E-state index contributed by atoms with van der Waals surface area (Å²) in [6.07, 6.45) is 0. The Morgan fingerprint density at radius 1 is 1.03 bits per heavy atom. The summed E-state index contributed by atoms with van der Waals surface area (Å²) in [5, 5.41) is 4.74. The third-order valence-corrected chi connectivity index (χ3v) is 6.39. The highest BCUT2D eigenvalue weighted by Gasteiger charge is 2.36. The van der Waals surface area contributed by atoms with E-state index in [4.69, 9.17) is 14.0 Å². The van der Waals surface area contributed by atoms with Gasteiger partial charge in [-0.2, -0.15) is 0 Å². The lowest BCUT2D eigenvalue weighted by atomic mass is 10.1. The molecule has 1 atom stereocenters. The van der Waals surface area contributed by atoms with Gasteiger partial charge in [0, 0.05) is 12.1 Å². The number of carbonyl (C=O) groups excluding carboxylic acids is 1. The zero-order chi connectivity index (χ0) is 20.4. The van der Waals surface area contributed by atoms with Crippen LogP contribution in [-0.2, 0) is 14.6 Å². The monoisotopic (exact) mass is 414 g/mol. The lowest BCUT2D eigenvalue weighted by molar-refractivity contribution is -0.116. The molecule has 29 heavy (non-hydrogen) atoms. The molecule has 0 saturated carbocycles. The molecule has 1 N–H and O–H groups in total. The molecule has 1 amide bonds. The molecular weight excluding hydrogens is 396 g/mol. The fourth-order valence-electron chi connectivity index (χ4n) is 3.05. The number of fused-ring (bicyclic) bond motifs is 1. The highest BCUT2D eigenvalue weighted by atomic mass is 32.2. The molecule has 0 fully saturated rings. The lowest BCUT2D eigenvalue weighted by Crippen LogP contribution is -2.28. The quantitative estimate of drug-likeness (QED) is 0.684. The standard InChI is InChI=1S/C20H18N2O6S/c1-13-11-18(22-28-13)21-20(23)19(14-5-3-2-4-6-14)29(24,25)15-7-8-16-17(12-15)27-10-9-26-16/h2-8,11-12,19H,9-10H2,1H3,(H,21,22,23)/t19-/m0/s1. The van der Waals surface area contributed by atoms with Crippen LogP contribution in [0.15, 0.2) is 64.0 Å². The van der Waals surface area contributed by atoms with Crippen LogP contribution in [0.2, 0.25) is 0 Å². The molecule has 0 unspecified atom stereocenters. The van der Waals surface area contributed by atoms with E-state index in [1.54, 1.807) is 37.3 Å². The van der Waals surface area contributed by atoms with Crippen LogP contribution >= 0.6 is 0 Å². The SMILES string of the molecule is Cc1cc(NC(=O)[C@H](c2ccccc2)S(=O)(=O)c2ccc3c(c2)OCCO3)no1. The van der Waals surface area contributed by atoms with Crippen molar-refractivity contribution in [3.05, 3.63) is 65.9 Å². The maximum atomic E-state index is 13.5. The van der Waals surface area contributed by atoms with Crippen LogP contribution in [0.5, 0.6) is 11.5 Å². The summed E-state index contributed by atoms with van der Waals surface area (Å²) in [5.41, 5.74) is 0.333. The molecule has 2 aromatic carbocycles. The first-order valence-corrected chi connectivity index (χ1v) is 10.4. The topological polar surface area (TPSA) is 108 Å². The van der Waals surface area contributed by atoms with E-state index in [9.17, 15) is 13.2 Å². The summed E-state index contributed by atoms with van der Waals surface area (Å²) >= 11 is 0. The van der Waals surface area contributed by atoms with Crippen LogP contribution in [0, 0.1) is 6.92 Å². The normalized spacial score (nSPS) is 14.2. The van der Waals surface area contributed by atoms with Gasteiger partial charge < -0.3 is 19.3 Å². The van der Waals surface area contributed by atoms with Gasteiger partial charge in [-0.1, -0.05) is 35.5 Å². The molecule has 8 nitrogen and oxygen atoms in total. The van der Waals surface area contributed by atoms with Crippen molar-refractivity contribution >= 4 is 21.6 Å². The number of ether oxygens (including phenoxy) is 2. The first-order chi connectivity index (χ1) is 13.9. The average molecular weight is 414 g/mol. The van der Waals surface area contributed by atoms with Crippen LogP contribution in [0.1, 0.15) is 16.6 Å². The summed E-state index contributed by atoms with van der Waals surface area (Å²) in [4.78, 5) is 13.0. The summed E-state index contributed by atoms with van der Waals surface area (Å²) in [5.74, 6) is 0.696. The minimum atomic E-state index is -4.11. The van der Waals surface area contributed by atoms with Crippen LogP contribution < -0.4 is 14.8 Å². The molecule has 0 radical (unpaired) electrons. The van der Waals surface area contributed by atoms with Gasteiger partial charge in [0.2, 0.25) is 5.91 Å². The second-order valence-corrected chi connectivity index (χ2v) is 8.49. The Kier molecular flexibility index (Phi) is 4.98. The molecule has 4 rings (SSSR count). The number of anilines is 1. The van der Waals surface area contributed by atoms with Crippen molar-refractivity contribution < 1.29 is 27.2 Å². The van der Waals surface area contributed by atoms with Gasteiger partial charge in [0.05, 0.1) is 4.90 Å². The summed E-state index contributed by atoms with van der Waals surface area (Å²) < 4.78 is 42.8. The number of sulfone groups is 1. The Labute approximate surface area is 167 Å². The predicted octanol–water partition coefficient (Wildman–Crippen LogP) is 2.91. The number of hydrogen-bond acceptors (Lipinski definition) is 7. The number of benzene rings is 2. The van der Waals surface area contributed by atoms with Gasteiger partial charge >= 0.3 is 0 Å². The van der Waals surface area contributed by atoms with E-state index >= 15 is 0 Å². The molecule has 0 aliphatic carbocycles. The van der Waals surface area contributed by atoms with E-state index in [0.29, 0.717) is 36.0 Å². The van der Waals surface area contributed by atoms with Crippen molar-refractivity contribution in [2.45, 2.75) is 17.1 Å². The van der Waals surface area contributed by atoms with Gasteiger partial charge in [0.15, 0.2) is 32.4 Å². The molecule has 0 saturated heterocycles. The van der Waals surface area contributed by atoms with Crippen molar-refractivity contribution in [1.82, 2.24) is 5.16 Å². The lowest BCUT2D eigenvalue weighted by Gasteiger charge is -2.21. The third-order valence-electron chi connectivity index (χ3n) is 4.37. The van der Waals surface area contributed by atoms with Crippen LogP contribution in [0.4, 0.5) is 5.82 Å². The van der Waals surface area contributed by atoms with E-state index in [1.807, 2.05) is 0 Å². The van der Waals surface area contributed by atoms with Crippen LogP contribution in [0.3, 0.4) is 0 Å². The number of amides is 1. The molecule has 3 aromatic rings. The fourth-order valence-corrected chi connectivity index (χ4v) is 4.71. The molecular formula is C20H18N2O6S. The first kappa shape index (κ1) is 19.0. The number of aryl methyl sites for hydroxylation is 1. The molecule has 2 heterocycles. The van der Waals surface area contributed by atoms with E-state index in [1.165, 1.54) is 24.3 Å². The Bertz CT molecular complexity index is 1140. The molecule has 1 aliphatic rings. The summed E-state index contributed by atoms with van der Waals surface area (Å²) in [7, 11) is -4.11. The number of rotatable bonds is 5. The second-order valence-electron chi connectivity index (χ2n) is 6.45. The molecule has 0 bridgehead atoms. The smallest absolute Gasteiger partial charge is 0.248 e. The molecule has 0 spiro atoms. The molecule has 9 heteroatoms. The second kappa shape index (κ2) is 7.59. The maximum Gasteiger partial charge on any atom is 0.248 e. The Morgan fingerprint density at radius 3 is 2.45 bits per heavy atom. The number of aromatic nitrogens is 1. The zero-order valence-electron chi connectivity index (χ0n) is 15.5. The zero-order valence-corrected chi connectivity index (χ0v) is 16.3. The Hall–Kier alpha value is -3.33. The van der Waals surface area contributed by atoms with Gasteiger partial charge in [-0.05, 0) is 24.6 Å². The van der Waals surface area contributed by atoms with Crippen molar-refractivity contribution in [2.75, 3.05) is 18.5 Å². The highest BCUT2D eigenvalue weighted by Crippen LogP contribution is 2.36. The number of carbonyl (C=O) groups is 1. The number of hydrogen-bond donors (Lipinski definition) is 1. The van der Waals surface area contributed by atoms with Crippen molar-refractivity contribution in [2.24, 2.45) is 0 Å². The molecule has 150 valence electrons. The van der Waals surface area contributed by atoms with Gasteiger partial charge in [0.1, 0.15) is 19.0 Å². The van der Waals surface area contributed by atoms with E-state index in [-0.39, 0.29) is 10.7 Å². The number of nitrogens with zero attached hydrogens (tertiary/aromatic N) is 1. The van der Waals surface area contributed by atoms with Gasteiger partial charge in [0.25, 0.3) is 0 Å². The Balaban J connectivity index is 1.74. The average Bonchev–Trinajstić information content (AvgIpc) is 3.12. The third kappa shape index (κ3) is 3.81.